The summed E-state index contributed by atoms with van der Waals surface area (Å²) < 4.78 is 51.2. The number of anilines is 4. The van der Waals surface area contributed by atoms with Crippen LogP contribution in [0.25, 0.3) is 0 Å². The zero-order valence-electron chi connectivity index (χ0n) is 23.7. The summed E-state index contributed by atoms with van der Waals surface area (Å²) in [5.41, 5.74) is 0.663. The molecule has 0 saturated carbocycles. The fourth-order valence-electron chi connectivity index (χ4n) is 3.39. The van der Waals surface area contributed by atoms with E-state index in [9.17, 15) is 26.4 Å². The van der Waals surface area contributed by atoms with Gasteiger partial charge < -0.3 is 25.6 Å². The number of amides is 3. The van der Waals surface area contributed by atoms with Crippen LogP contribution in [0.4, 0.5) is 32.7 Å². The number of hydrogen-bond donors (Lipinski definition) is 6. The lowest BCUT2D eigenvalue weighted by atomic mass is 10.2. The first kappa shape index (κ1) is 36.2. The molecule has 0 aliphatic carbocycles. The monoisotopic (exact) mass is 727 g/mol. The molecule has 20 heteroatoms. The number of urea groups is 1. The summed E-state index contributed by atoms with van der Waals surface area (Å²) in [6.07, 6.45) is 3.12. The third-order valence-corrected chi connectivity index (χ3v) is 6.89. The topological polar surface area (TPSA) is 227 Å². The molecule has 1 aromatic heterocycles. The van der Waals surface area contributed by atoms with Crippen LogP contribution in [0.5, 0.6) is 0 Å². The molecule has 2 heterocycles. The summed E-state index contributed by atoms with van der Waals surface area (Å²) in [5.74, 6) is 0.933. The van der Waals surface area contributed by atoms with Crippen molar-refractivity contribution in [2.45, 2.75) is 45.6 Å². The van der Waals surface area contributed by atoms with Crippen LogP contribution in [0, 0.1) is 0 Å². The highest BCUT2D eigenvalue weighted by Gasteiger charge is 2.20. The molecule has 3 amide bonds. The number of nitrogens with zero attached hydrogens (tertiary/aromatic N) is 3. The normalized spacial score (nSPS) is 13.4. The lowest BCUT2D eigenvalue weighted by molar-refractivity contribution is 0.0571. The first-order chi connectivity index (χ1) is 19.9. The van der Waals surface area contributed by atoms with E-state index in [-0.39, 0.29) is 12.6 Å². The Balaban J connectivity index is 0.000000455. The van der Waals surface area contributed by atoms with Crippen molar-refractivity contribution < 1.29 is 31.2 Å². The maximum atomic E-state index is 12.3. The highest BCUT2D eigenvalue weighted by molar-refractivity contribution is 9.10. The van der Waals surface area contributed by atoms with E-state index in [0.29, 0.717) is 34.9 Å². The van der Waals surface area contributed by atoms with Crippen LogP contribution in [-0.2, 0) is 24.2 Å². The summed E-state index contributed by atoms with van der Waals surface area (Å²) >= 11 is 3.39. The molecule has 1 aromatic carbocycles. The third-order valence-electron chi connectivity index (χ3n) is 5.06. The minimum absolute atomic E-state index is 0.0991. The van der Waals surface area contributed by atoms with Crippen molar-refractivity contribution in [3.8, 4) is 0 Å². The standard InChI is InChI=1S/C18H25BrN8O3S.C5H10ClNO4S/c19-15-12-22-17(26-16(15)21-7-4-8-23-31(20,29)30)24-13-5-3-6-14(11-13)25-18(28)27-9-1-2-10-27;1-5(2,3)11-4(8)7-12(6,9)10/h3,5-6,11-12,23H,1-2,4,7-10H2,(H,25,28)(H2,20,29,30)(H2,21,22,24,26);1-3H3,(H,7,8). The first-order valence-electron chi connectivity index (χ1n) is 12.8. The van der Waals surface area contributed by atoms with Gasteiger partial charge in [-0.25, -0.2) is 29.2 Å². The molecule has 2 aromatic rings. The SMILES string of the molecule is CC(C)(C)OC(=O)NS(=O)(=O)Cl.NS(=O)(=O)NCCCNc1nc(Nc2cccc(NC(=O)N3CCCC3)c2)ncc1Br. The van der Waals surface area contributed by atoms with Crippen molar-refractivity contribution in [2.24, 2.45) is 5.14 Å². The maximum Gasteiger partial charge on any atom is 0.422 e. The molecule has 1 fully saturated rings. The lowest BCUT2D eigenvalue weighted by Crippen LogP contribution is -2.34. The second-order valence-electron chi connectivity index (χ2n) is 9.98. The van der Waals surface area contributed by atoms with Gasteiger partial charge in [-0.15, -0.1) is 0 Å². The Morgan fingerprint density at radius 1 is 1.12 bits per heavy atom. The fourth-order valence-corrected chi connectivity index (χ4v) is 4.58. The van der Waals surface area contributed by atoms with Crippen LogP contribution in [0.15, 0.2) is 34.9 Å². The molecular weight excluding hydrogens is 694 g/mol. The van der Waals surface area contributed by atoms with Gasteiger partial charge in [-0.05, 0) is 74.2 Å². The molecule has 16 nitrogen and oxygen atoms in total. The zero-order chi connectivity index (χ0) is 32.3. The Kier molecular flexibility index (Phi) is 13.6. The van der Waals surface area contributed by atoms with Gasteiger partial charge in [-0.3, -0.25) is 0 Å². The van der Waals surface area contributed by atoms with Crippen molar-refractivity contribution in [1.82, 2.24) is 24.3 Å². The van der Waals surface area contributed by atoms with Crippen molar-refractivity contribution in [3.63, 3.8) is 0 Å². The van der Waals surface area contributed by atoms with E-state index in [4.69, 9.17) is 15.8 Å². The summed E-state index contributed by atoms with van der Waals surface area (Å²) in [5, 5.41) is 14.0. The minimum Gasteiger partial charge on any atom is -0.443 e. The Hall–Kier alpha value is -2.97. The third kappa shape index (κ3) is 15.9. The van der Waals surface area contributed by atoms with Gasteiger partial charge in [0.15, 0.2) is 0 Å². The largest absolute Gasteiger partial charge is 0.443 e. The fraction of sp³-hybridized carbons (Fsp3) is 0.478. The van der Waals surface area contributed by atoms with E-state index in [1.807, 2.05) is 24.3 Å². The Labute approximate surface area is 263 Å². The van der Waals surface area contributed by atoms with Crippen LogP contribution in [-0.4, -0.2) is 75.6 Å². The molecule has 0 spiro atoms. The summed E-state index contributed by atoms with van der Waals surface area (Å²) in [6.45, 7) is 7.08. The van der Waals surface area contributed by atoms with Gasteiger partial charge in [0, 0.05) is 54.4 Å². The summed E-state index contributed by atoms with van der Waals surface area (Å²) in [7, 11) is -3.02. The van der Waals surface area contributed by atoms with E-state index in [0.717, 1.165) is 31.6 Å². The molecule has 7 N–H and O–H groups in total. The first-order valence-corrected chi connectivity index (χ1v) is 17.5. The van der Waals surface area contributed by atoms with Gasteiger partial charge in [-0.2, -0.15) is 21.8 Å². The zero-order valence-corrected chi connectivity index (χ0v) is 27.7. The van der Waals surface area contributed by atoms with Gasteiger partial charge in [0.25, 0.3) is 10.2 Å². The molecule has 1 aliphatic heterocycles. The van der Waals surface area contributed by atoms with Crippen molar-refractivity contribution >= 4 is 81.3 Å². The van der Waals surface area contributed by atoms with Gasteiger partial charge in [0.05, 0.1) is 4.47 Å². The van der Waals surface area contributed by atoms with E-state index in [2.05, 4.69) is 51.3 Å². The predicted octanol–water partition coefficient (Wildman–Crippen LogP) is 3.20. The number of carbonyl (C=O) groups excluding carboxylic acids is 2. The average molecular weight is 729 g/mol. The van der Waals surface area contributed by atoms with E-state index in [1.54, 1.807) is 31.9 Å². The second-order valence-corrected chi connectivity index (χ2v) is 14.5. The number of halogens is 2. The maximum absolute atomic E-state index is 12.3. The van der Waals surface area contributed by atoms with Crippen LogP contribution in [0.1, 0.15) is 40.0 Å². The Morgan fingerprint density at radius 3 is 2.37 bits per heavy atom. The molecule has 1 saturated heterocycles. The molecular formula is C23H35BrClN9O7S2. The number of nitrogens with two attached hydrogens (primary N) is 1. The van der Waals surface area contributed by atoms with E-state index in [1.165, 1.54) is 4.72 Å². The number of likely N-dealkylation sites (tertiary alicyclic amines) is 1. The number of nitrogens with one attached hydrogen (secondary N) is 5. The molecule has 0 radical (unpaired) electrons. The minimum atomic E-state index is -4.05. The molecule has 1 aliphatic rings. The lowest BCUT2D eigenvalue weighted by Gasteiger charge is -2.18. The summed E-state index contributed by atoms with van der Waals surface area (Å²) in [4.78, 5) is 33.4. The van der Waals surface area contributed by atoms with Crippen LogP contribution >= 0.6 is 26.6 Å². The van der Waals surface area contributed by atoms with Crippen LogP contribution in [0.2, 0.25) is 0 Å². The molecule has 0 atom stereocenters. The molecule has 0 bridgehead atoms. The number of carbonyl (C=O) groups is 2. The van der Waals surface area contributed by atoms with Gasteiger partial charge in [0.2, 0.25) is 5.95 Å². The van der Waals surface area contributed by atoms with Gasteiger partial charge in [-0.1, -0.05) is 6.07 Å². The van der Waals surface area contributed by atoms with Crippen molar-refractivity contribution in [1.29, 1.82) is 0 Å². The van der Waals surface area contributed by atoms with Crippen LogP contribution in [0.3, 0.4) is 0 Å². The number of hydrogen-bond acceptors (Lipinski definition) is 11. The average Bonchev–Trinajstić information content (AvgIpc) is 3.39. The number of rotatable bonds is 10. The smallest absolute Gasteiger partial charge is 0.422 e. The van der Waals surface area contributed by atoms with E-state index < -0.39 is 31.1 Å². The number of benzene rings is 1. The summed E-state index contributed by atoms with van der Waals surface area (Å²) in [6, 6.07) is 7.22. The molecule has 240 valence electrons. The van der Waals surface area contributed by atoms with E-state index >= 15 is 0 Å². The highest BCUT2D eigenvalue weighted by Crippen LogP contribution is 2.23. The molecule has 0 unspecified atom stereocenters. The number of ether oxygens (including phenoxy) is 1. The Bertz CT molecular complexity index is 1470. The van der Waals surface area contributed by atoms with Crippen molar-refractivity contribution in [2.75, 3.05) is 42.1 Å². The quantitative estimate of drug-likeness (QED) is 0.154. The second kappa shape index (κ2) is 16.2. The highest BCUT2D eigenvalue weighted by atomic mass is 79.9. The predicted molar refractivity (Wildman–Crippen MR) is 168 cm³/mol. The molecule has 3 rings (SSSR count). The van der Waals surface area contributed by atoms with Crippen LogP contribution < -0.4 is 30.5 Å². The van der Waals surface area contributed by atoms with Gasteiger partial charge in [0.1, 0.15) is 11.4 Å². The number of aromatic nitrogens is 2. The van der Waals surface area contributed by atoms with Crippen molar-refractivity contribution in [3.05, 3.63) is 34.9 Å². The van der Waals surface area contributed by atoms with Gasteiger partial charge >= 0.3 is 21.4 Å². The Morgan fingerprint density at radius 2 is 1.77 bits per heavy atom. The molecule has 43 heavy (non-hydrogen) atoms.